The zero-order valence-corrected chi connectivity index (χ0v) is 16.3. The van der Waals surface area contributed by atoms with E-state index in [1.165, 1.54) is 11.1 Å². The van der Waals surface area contributed by atoms with Gasteiger partial charge in [-0.05, 0) is 53.5 Å². The smallest absolute Gasteiger partial charge is 0.209 e. The molecule has 3 aromatic carbocycles. The maximum atomic E-state index is 6.08. The fourth-order valence-electron chi connectivity index (χ4n) is 3.80. The number of benzene rings is 3. The van der Waals surface area contributed by atoms with Crippen molar-refractivity contribution in [1.82, 2.24) is 9.55 Å². The summed E-state index contributed by atoms with van der Waals surface area (Å²) in [5.41, 5.74) is 6.85. The fourth-order valence-corrected chi connectivity index (χ4v) is 3.93. The Hall–Kier alpha value is -3.04. The second-order valence-electron chi connectivity index (χ2n) is 7.05. The van der Waals surface area contributed by atoms with E-state index < -0.39 is 0 Å². The van der Waals surface area contributed by atoms with Crippen LogP contribution in [0.4, 0.5) is 5.95 Å². The molecule has 0 unspecified atom stereocenters. The molecule has 1 N–H and O–H groups in total. The Labute approximate surface area is 169 Å². The minimum absolute atomic E-state index is 0.0697. The van der Waals surface area contributed by atoms with Gasteiger partial charge < -0.3 is 5.32 Å². The van der Waals surface area contributed by atoms with Crippen molar-refractivity contribution in [2.75, 3.05) is 5.32 Å². The number of nitrogens with one attached hydrogen (secondary N) is 1. The van der Waals surface area contributed by atoms with Gasteiger partial charge in [-0.1, -0.05) is 67.1 Å². The van der Waals surface area contributed by atoms with Crippen LogP contribution < -0.4 is 5.32 Å². The Balaban J connectivity index is 1.68. The molecule has 28 heavy (non-hydrogen) atoms. The van der Waals surface area contributed by atoms with E-state index in [-0.39, 0.29) is 6.04 Å². The summed E-state index contributed by atoms with van der Waals surface area (Å²) in [6.45, 7) is 2.18. The highest BCUT2D eigenvalue weighted by Crippen LogP contribution is 2.37. The molecule has 0 aliphatic carbocycles. The average Bonchev–Trinajstić information content (AvgIpc) is 3.12. The summed E-state index contributed by atoms with van der Waals surface area (Å²) < 4.78 is 2.27. The molecule has 0 fully saturated rings. The molecule has 3 nitrogen and oxygen atoms in total. The van der Waals surface area contributed by atoms with Gasteiger partial charge in [-0.15, -0.1) is 0 Å². The van der Waals surface area contributed by atoms with Gasteiger partial charge in [-0.3, -0.25) is 4.57 Å². The van der Waals surface area contributed by atoms with Crippen LogP contribution in [0.25, 0.3) is 16.7 Å². The summed E-state index contributed by atoms with van der Waals surface area (Å²) in [4.78, 5) is 4.84. The molecule has 0 saturated heterocycles. The van der Waals surface area contributed by atoms with Gasteiger partial charge in [0.2, 0.25) is 5.95 Å². The van der Waals surface area contributed by atoms with Gasteiger partial charge in [0.05, 0.1) is 17.1 Å². The average molecular weight is 386 g/mol. The summed E-state index contributed by atoms with van der Waals surface area (Å²) in [6.07, 6.45) is 3.31. The molecule has 0 amide bonds. The highest BCUT2D eigenvalue weighted by atomic mass is 35.5. The lowest BCUT2D eigenvalue weighted by Crippen LogP contribution is -2.19. The molecule has 5 rings (SSSR count). The number of fused-ring (bicyclic) bond motifs is 3. The molecule has 0 radical (unpaired) electrons. The molecule has 4 aromatic rings. The van der Waals surface area contributed by atoms with Crippen LogP contribution in [0.2, 0.25) is 5.02 Å². The van der Waals surface area contributed by atoms with Crippen LogP contribution in [-0.4, -0.2) is 9.55 Å². The Bertz CT molecular complexity index is 1170. The topological polar surface area (TPSA) is 29.9 Å². The number of hydrogen-bond donors (Lipinski definition) is 1. The first-order valence-electron chi connectivity index (χ1n) is 9.53. The Morgan fingerprint density at radius 1 is 0.964 bits per heavy atom. The molecule has 1 aliphatic rings. The number of rotatable bonds is 3. The van der Waals surface area contributed by atoms with E-state index in [1.54, 1.807) is 0 Å². The van der Waals surface area contributed by atoms with Gasteiger partial charge in [0.25, 0.3) is 0 Å². The first kappa shape index (κ1) is 17.1. The van der Waals surface area contributed by atoms with E-state index in [2.05, 4.69) is 65.3 Å². The van der Waals surface area contributed by atoms with Crippen molar-refractivity contribution < 1.29 is 0 Å². The van der Waals surface area contributed by atoms with E-state index in [4.69, 9.17) is 16.6 Å². The summed E-state index contributed by atoms with van der Waals surface area (Å²) >= 11 is 6.08. The van der Waals surface area contributed by atoms with Crippen molar-refractivity contribution in [1.29, 1.82) is 0 Å². The third kappa shape index (κ3) is 2.88. The number of para-hydroxylation sites is 2. The summed E-state index contributed by atoms with van der Waals surface area (Å²) in [7, 11) is 0. The van der Waals surface area contributed by atoms with Crippen molar-refractivity contribution in [3.05, 3.63) is 101 Å². The number of allylic oxidation sites excluding steroid dienone is 1. The Kier molecular flexibility index (Phi) is 4.18. The largest absolute Gasteiger partial charge is 0.325 e. The van der Waals surface area contributed by atoms with Crippen molar-refractivity contribution in [2.45, 2.75) is 19.4 Å². The van der Waals surface area contributed by atoms with Crippen LogP contribution in [0.3, 0.4) is 0 Å². The monoisotopic (exact) mass is 385 g/mol. The standard InChI is InChI=1S/C24H20ClN3/c1-2-16-7-9-18(10-8-16)23-15-21(17-11-13-19(25)14-12-17)27-24-26-20-5-3-4-6-22(20)28(23)24/h3-15,23H,2H2,1H3,(H,26,27)/t23-/m1/s1. The van der Waals surface area contributed by atoms with E-state index >= 15 is 0 Å². The summed E-state index contributed by atoms with van der Waals surface area (Å²) in [5.74, 6) is 0.859. The number of nitrogens with zero attached hydrogens (tertiary/aromatic N) is 2. The third-order valence-corrected chi connectivity index (χ3v) is 5.58. The van der Waals surface area contributed by atoms with E-state index in [0.717, 1.165) is 39.7 Å². The van der Waals surface area contributed by atoms with Crippen molar-refractivity contribution in [3.8, 4) is 0 Å². The maximum Gasteiger partial charge on any atom is 0.209 e. The fraction of sp³-hybridized carbons (Fsp3) is 0.125. The second-order valence-corrected chi connectivity index (χ2v) is 7.48. The lowest BCUT2D eigenvalue weighted by molar-refractivity contribution is 0.720. The number of aromatic nitrogens is 2. The highest BCUT2D eigenvalue weighted by molar-refractivity contribution is 6.30. The molecule has 2 heterocycles. The predicted molar refractivity (Wildman–Crippen MR) is 117 cm³/mol. The van der Waals surface area contributed by atoms with Crippen molar-refractivity contribution in [2.24, 2.45) is 0 Å². The maximum absolute atomic E-state index is 6.08. The van der Waals surface area contributed by atoms with Crippen LogP contribution in [0.1, 0.15) is 29.7 Å². The van der Waals surface area contributed by atoms with Crippen LogP contribution in [-0.2, 0) is 6.42 Å². The van der Waals surface area contributed by atoms with Gasteiger partial charge in [0, 0.05) is 10.7 Å². The van der Waals surface area contributed by atoms with Gasteiger partial charge in [0.15, 0.2) is 0 Å². The third-order valence-electron chi connectivity index (χ3n) is 5.33. The van der Waals surface area contributed by atoms with E-state index in [9.17, 15) is 0 Å². The van der Waals surface area contributed by atoms with Gasteiger partial charge in [-0.25, -0.2) is 4.98 Å². The number of hydrogen-bond acceptors (Lipinski definition) is 2. The molecule has 1 aromatic heterocycles. The zero-order chi connectivity index (χ0) is 19.1. The molecular weight excluding hydrogens is 366 g/mol. The number of imidazole rings is 1. The molecule has 0 saturated carbocycles. The van der Waals surface area contributed by atoms with Crippen molar-refractivity contribution >= 4 is 34.3 Å². The lowest BCUT2D eigenvalue weighted by atomic mass is 9.99. The lowest BCUT2D eigenvalue weighted by Gasteiger charge is -2.27. The first-order valence-corrected chi connectivity index (χ1v) is 9.91. The first-order chi connectivity index (χ1) is 13.7. The van der Waals surface area contributed by atoms with Gasteiger partial charge in [-0.2, -0.15) is 0 Å². The van der Waals surface area contributed by atoms with E-state index in [1.807, 2.05) is 30.3 Å². The van der Waals surface area contributed by atoms with Crippen LogP contribution in [0.15, 0.2) is 78.9 Å². The highest BCUT2D eigenvalue weighted by Gasteiger charge is 2.25. The predicted octanol–water partition coefficient (Wildman–Crippen LogP) is 6.31. The van der Waals surface area contributed by atoms with Crippen LogP contribution in [0, 0.1) is 0 Å². The number of halogens is 1. The van der Waals surface area contributed by atoms with E-state index in [0.29, 0.717) is 0 Å². The molecule has 1 aliphatic heterocycles. The SMILES string of the molecule is CCc1ccc([C@H]2C=C(c3ccc(Cl)cc3)Nc3nc4ccccc4n32)cc1. The second kappa shape index (κ2) is 6.84. The van der Waals surface area contributed by atoms with Crippen LogP contribution >= 0.6 is 11.6 Å². The molecule has 0 spiro atoms. The summed E-state index contributed by atoms with van der Waals surface area (Å²) in [5, 5.41) is 4.25. The Morgan fingerprint density at radius 2 is 1.71 bits per heavy atom. The normalized spacial score (nSPS) is 15.8. The van der Waals surface area contributed by atoms with Gasteiger partial charge >= 0.3 is 0 Å². The number of anilines is 1. The summed E-state index contributed by atoms with van der Waals surface area (Å²) in [6, 6.07) is 25.1. The molecule has 138 valence electrons. The zero-order valence-electron chi connectivity index (χ0n) is 15.6. The minimum Gasteiger partial charge on any atom is -0.325 e. The quantitative estimate of drug-likeness (QED) is 0.448. The Morgan fingerprint density at radius 3 is 2.46 bits per heavy atom. The minimum atomic E-state index is 0.0697. The molecule has 4 heteroatoms. The van der Waals surface area contributed by atoms with Crippen molar-refractivity contribution in [3.63, 3.8) is 0 Å². The molecular formula is C24H20ClN3. The number of aryl methyl sites for hydroxylation is 1. The molecule has 1 atom stereocenters. The molecule has 0 bridgehead atoms. The van der Waals surface area contributed by atoms with Gasteiger partial charge in [0.1, 0.15) is 0 Å². The van der Waals surface area contributed by atoms with Crippen LogP contribution in [0.5, 0.6) is 0 Å².